The molecule has 1 aromatic rings. The predicted octanol–water partition coefficient (Wildman–Crippen LogP) is 1.84. The predicted molar refractivity (Wildman–Crippen MR) is 99.7 cm³/mol. The molecule has 1 rings (SSSR count). The highest BCUT2D eigenvalue weighted by Gasteiger charge is 2.34. The van der Waals surface area contributed by atoms with E-state index < -0.39 is 20.0 Å². The molecule has 7 nitrogen and oxygen atoms in total. The van der Waals surface area contributed by atoms with E-state index in [2.05, 4.69) is 16.0 Å². The third-order valence-electron chi connectivity index (χ3n) is 2.67. The van der Waals surface area contributed by atoms with Gasteiger partial charge in [0.05, 0.1) is 4.90 Å². The second-order valence-corrected chi connectivity index (χ2v) is 8.90. The minimum absolute atomic E-state index is 0.0405. The fraction of sp³-hybridized carbons (Fsp3) is 0.333. The molecule has 0 saturated heterocycles. The summed E-state index contributed by atoms with van der Waals surface area (Å²) in [5, 5.41) is 13.0. The molecule has 0 unspecified atom stereocenters. The molecule has 12 heteroatoms. The summed E-state index contributed by atoms with van der Waals surface area (Å²) in [6.45, 7) is 1.65. The Labute approximate surface area is 160 Å². The Morgan fingerprint density at radius 3 is 2.21 bits per heavy atom. The number of hydrogen-bond donors (Lipinski definition) is 4. The zero-order chi connectivity index (χ0) is 18.5. The van der Waals surface area contributed by atoms with Gasteiger partial charge in [-0.25, -0.2) is 13.6 Å². The molecule has 0 heterocycles. The van der Waals surface area contributed by atoms with Crippen LogP contribution in [-0.4, -0.2) is 29.4 Å². The summed E-state index contributed by atoms with van der Waals surface area (Å²) in [5.74, 6) is -0.334. The van der Waals surface area contributed by atoms with E-state index in [-0.39, 0.29) is 22.3 Å². The molecule has 134 valence electrons. The van der Waals surface area contributed by atoms with Crippen LogP contribution in [0.5, 0.6) is 0 Å². The van der Waals surface area contributed by atoms with Crippen LogP contribution >= 0.6 is 47.0 Å². The summed E-state index contributed by atoms with van der Waals surface area (Å²) in [6, 6.07) is 5.54. The van der Waals surface area contributed by atoms with Crippen LogP contribution in [0.2, 0.25) is 0 Å². The van der Waals surface area contributed by atoms with Gasteiger partial charge in [-0.1, -0.05) is 41.7 Å². The zero-order valence-electron chi connectivity index (χ0n) is 12.3. The lowest BCUT2D eigenvalue weighted by Crippen LogP contribution is -2.56. The number of benzene rings is 1. The number of hydrogen-bond acceptors (Lipinski definition) is 4. The van der Waals surface area contributed by atoms with Crippen molar-refractivity contribution in [2.75, 3.05) is 5.32 Å². The van der Waals surface area contributed by atoms with E-state index in [4.69, 9.17) is 52.2 Å². The summed E-state index contributed by atoms with van der Waals surface area (Å²) in [6.07, 6.45) is -0.854. The van der Waals surface area contributed by atoms with E-state index in [1.54, 1.807) is 6.92 Å². The first-order valence-electron chi connectivity index (χ1n) is 6.50. The highest BCUT2D eigenvalue weighted by molar-refractivity contribution is 7.89. The zero-order valence-corrected chi connectivity index (χ0v) is 16.2. The third-order valence-corrected chi connectivity index (χ3v) is 4.47. The fourth-order valence-electron chi connectivity index (χ4n) is 1.49. The van der Waals surface area contributed by atoms with E-state index in [9.17, 15) is 13.2 Å². The first-order valence-corrected chi connectivity index (χ1v) is 9.58. The Bertz CT molecular complexity index is 705. The van der Waals surface area contributed by atoms with Gasteiger partial charge < -0.3 is 16.0 Å². The summed E-state index contributed by atoms with van der Waals surface area (Å²) in [7, 11) is -3.78. The Morgan fingerprint density at radius 2 is 1.79 bits per heavy atom. The SMILES string of the molecule is CCC(=O)N[C@@H](NC(=S)Nc1ccc(S(N)(=O)=O)cc1)C(Cl)(Cl)Cl. The molecule has 1 aromatic carbocycles. The number of rotatable bonds is 5. The van der Waals surface area contributed by atoms with Gasteiger partial charge in [-0.2, -0.15) is 0 Å². The molecule has 0 aliphatic carbocycles. The largest absolute Gasteiger partial charge is 0.339 e. The average molecular weight is 434 g/mol. The lowest BCUT2D eigenvalue weighted by molar-refractivity contribution is -0.121. The van der Waals surface area contributed by atoms with Crippen molar-refractivity contribution in [3.8, 4) is 0 Å². The number of primary sulfonamides is 1. The summed E-state index contributed by atoms with van der Waals surface area (Å²) >= 11 is 22.5. The molecule has 0 aromatic heterocycles. The number of halogens is 3. The third kappa shape index (κ3) is 6.96. The van der Waals surface area contributed by atoms with Crippen molar-refractivity contribution >= 4 is 73.8 Å². The first-order chi connectivity index (χ1) is 10.9. The van der Waals surface area contributed by atoms with E-state index >= 15 is 0 Å². The maximum atomic E-state index is 11.5. The molecule has 1 atom stereocenters. The minimum atomic E-state index is -3.78. The van der Waals surface area contributed by atoms with Gasteiger partial charge in [-0.15, -0.1) is 0 Å². The molecule has 5 N–H and O–H groups in total. The number of nitrogens with one attached hydrogen (secondary N) is 3. The van der Waals surface area contributed by atoms with Gasteiger partial charge >= 0.3 is 0 Å². The number of alkyl halides is 3. The van der Waals surface area contributed by atoms with E-state index in [1.165, 1.54) is 24.3 Å². The number of carbonyl (C=O) groups excluding carboxylic acids is 1. The molecule has 24 heavy (non-hydrogen) atoms. The smallest absolute Gasteiger partial charge is 0.238 e. The van der Waals surface area contributed by atoms with Crippen molar-refractivity contribution < 1.29 is 13.2 Å². The van der Waals surface area contributed by atoms with Gasteiger partial charge in [0, 0.05) is 12.1 Å². The number of sulfonamides is 1. The lowest BCUT2D eigenvalue weighted by atomic mass is 10.3. The number of carbonyl (C=O) groups is 1. The summed E-state index contributed by atoms with van der Waals surface area (Å²) in [4.78, 5) is 11.4. The highest BCUT2D eigenvalue weighted by Crippen LogP contribution is 2.29. The van der Waals surface area contributed by atoms with Gasteiger partial charge in [0.15, 0.2) is 5.11 Å². The fourth-order valence-corrected chi connectivity index (χ4v) is 2.57. The molecule has 0 saturated carbocycles. The highest BCUT2D eigenvalue weighted by atomic mass is 35.6. The average Bonchev–Trinajstić information content (AvgIpc) is 2.45. The quantitative estimate of drug-likeness (QED) is 0.320. The van der Waals surface area contributed by atoms with Gasteiger partial charge in [0.25, 0.3) is 0 Å². The van der Waals surface area contributed by atoms with Crippen LogP contribution in [0.1, 0.15) is 13.3 Å². The number of thiocarbonyl (C=S) groups is 1. The van der Waals surface area contributed by atoms with Crippen molar-refractivity contribution in [1.82, 2.24) is 10.6 Å². The summed E-state index contributed by atoms with van der Waals surface area (Å²) in [5.41, 5.74) is 0.477. The maximum Gasteiger partial charge on any atom is 0.238 e. The Hall–Kier alpha value is -0.840. The van der Waals surface area contributed by atoms with Crippen molar-refractivity contribution in [2.45, 2.75) is 28.2 Å². The molecular formula is C12H15Cl3N4O3S2. The molecule has 0 radical (unpaired) electrons. The topological polar surface area (TPSA) is 113 Å². The molecule has 0 aliphatic heterocycles. The Balaban J connectivity index is 2.77. The van der Waals surface area contributed by atoms with Gasteiger partial charge in [-0.3, -0.25) is 4.79 Å². The van der Waals surface area contributed by atoms with Crippen LogP contribution in [0.15, 0.2) is 29.2 Å². The van der Waals surface area contributed by atoms with Crippen LogP contribution in [-0.2, 0) is 14.8 Å². The molecule has 0 fully saturated rings. The first kappa shape index (κ1) is 21.2. The second kappa shape index (κ2) is 8.50. The van der Waals surface area contributed by atoms with Crippen LogP contribution in [0.3, 0.4) is 0 Å². The van der Waals surface area contributed by atoms with Gasteiger partial charge in [-0.05, 0) is 36.5 Å². The molecule has 1 amide bonds. The molecular weight excluding hydrogens is 419 g/mol. The second-order valence-electron chi connectivity index (χ2n) is 4.56. The minimum Gasteiger partial charge on any atom is -0.339 e. The number of anilines is 1. The van der Waals surface area contributed by atoms with E-state index in [1.807, 2.05) is 0 Å². The van der Waals surface area contributed by atoms with Gasteiger partial charge in [0.1, 0.15) is 6.17 Å². The van der Waals surface area contributed by atoms with Crippen LogP contribution in [0.25, 0.3) is 0 Å². The van der Waals surface area contributed by atoms with Crippen LogP contribution in [0, 0.1) is 0 Å². The number of amides is 1. The maximum absolute atomic E-state index is 11.5. The van der Waals surface area contributed by atoms with E-state index in [0.717, 1.165) is 0 Å². The van der Waals surface area contributed by atoms with Crippen molar-refractivity contribution in [3.63, 3.8) is 0 Å². The molecule has 0 aliphatic rings. The monoisotopic (exact) mass is 432 g/mol. The molecule has 0 bridgehead atoms. The van der Waals surface area contributed by atoms with Crippen molar-refractivity contribution in [2.24, 2.45) is 5.14 Å². The molecule has 0 spiro atoms. The van der Waals surface area contributed by atoms with Crippen molar-refractivity contribution in [1.29, 1.82) is 0 Å². The standard InChI is InChI=1S/C12H15Cl3N4O3S2/c1-2-9(20)18-10(12(13,14)15)19-11(23)17-7-3-5-8(6-4-7)24(16,21)22/h3-6,10H,2H2,1H3,(H,18,20)(H2,16,21,22)(H2,17,19,23)/t10-/m0/s1. The normalized spacial score (nSPS) is 13.0. The van der Waals surface area contributed by atoms with E-state index in [0.29, 0.717) is 5.69 Å². The number of nitrogens with two attached hydrogens (primary N) is 1. The van der Waals surface area contributed by atoms with Crippen LogP contribution < -0.4 is 21.1 Å². The Kier molecular flexibility index (Phi) is 7.51. The Morgan fingerprint density at radius 1 is 1.25 bits per heavy atom. The van der Waals surface area contributed by atoms with Crippen LogP contribution in [0.4, 0.5) is 5.69 Å². The summed E-state index contributed by atoms with van der Waals surface area (Å²) < 4.78 is 20.5. The lowest BCUT2D eigenvalue weighted by Gasteiger charge is -2.27. The van der Waals surface area contributed by atoms with Gasteiger partial charge in [0.2, 0.25) is 19.7 Å². The van der Waals surface area contributed by atoms with Crippen molar-refractivity contribution in [3.05, 3.63) is 24.3 Å².